The lowest BCUT2D eigenvalue weighted by molar-refractivity contribution is 0.0696. The topological polar surface area (TPSA) is 77.5 Å². The molecule has 1 aliphatic heterocycles. The quantitative estimate of drug-likeness (QED) is 0.652. The van der Waals surface area contributed by atoms with Crippen LogP contribution in [0.3, 0.4) is 0 Å². The first-order valence-corrected chi connectivity index (χ1v) is 7.60. The molecular formula is C15H24N4O2. The molecule has 0 aliphatic carbocycles. The Morgan fingerprint density at radius 3 is 2.86 bits per heavy atom. The second kappa shape index (κ2) is 7.95. The molecule has 6 heteroatoms. The van der Waals surface area contributed by atoms with Crippen LogP contribution < -0.4 is 10.6 Å². The molecule has 0 unspecified atom stereocenters. The maximum absolute atomic E-state index is 11.1. The summed E-state index contributed by atoms with van der Waals surface area (Å²) in [5.41, 5.74) is 1.10. The van der Waals surface area contributed by atoms with Crippen molar-refractivity contribution < 1.29 is 9.90 Å². The summed E-state index contributed by atoms with van der Waals surface area (Å²) in [6.45, 7) is 8.18. The van der Waals surface area contributed by atoms with Crippen LogP contribution in [-0.2, 0) is 6.42 Å². The summed E-state index contributed by atoms with van der Waals surface area (Å²) < 4.78 is 0. The molecule has 6 nitrogen and oxygen atoms in total. The Kier molecular flexibility index (Phi) is 5.95. The minimum Gasteiger partial charge on any atom is -0.478 e. The molecule has 1 aromatic rings. The van der Waals surface area contributed by atoms with E-state index in [1.807, 2.05) is 6.92 Å². The number of aromatic nitrogens is 1. The highest BCUT2D eigenvalue weighted by Gasteiger charge is 2.09. The lowest BCUT2D eigenvalue weighted by Crippen LogP contribution is -2.44. The van der Waals surface area contributed by atoms with E-state index < -0.39 is 5.97 Å². The number of piperazine rings is 1. The second-order valence-electron chi connectivity index (χ2n) is 5.26. The molecule has 0 amide bonds. The minimum atomic E-state index is -0.907. The van der Waals surface area contributed by atoms with Crippen molar-refractivity contribution in [2.24, 2.45) is 0 Å². The zero-order chi connectivity index (χ0) is 15.1. The molecule has 1 aromatic heterocycles. The van der Waals surface area contributed by atoms with Gasteiger partial charge in [-0.25, -0.2) is 9.78 Å². The number of hydrogen-bond acceptors (Lipinski definition) is 5. The van der Waals surface area contributed by atoms with Gasteiger partial charge >= 0.3 is 5.97 Å². The highest BCUT2D eigenvalue weighted by atomic mass is 16.4. The van der Waals surface area contributed by atoms with Crippen molar-refractivity contribution in [1.82, 2.24) is 15.2 Å². The number of carboxylic acids is 1. The molecular weight excluding hydrogens is 268 g/mol. The van der Waals surface area contributed by atoms with E-state index in [0.717, 1.165) is 57.8 Å². The van der Waals surface area contributed by atoms with E-state index in [4.69, 9.17) is 5.11 Å². The molecule has 0 bridgehead atoms. The Morgan fingerprint density at radius 2 is 2.19 bits per heavy atom. The molecule has 1 saturated heterocycles. The van der Waals surface area contributed by atoms with Crippen LogP contribution in [0.15, 0.2) is 12.1 Å². The zero-order valence-corrected chi connectivity index (χ0v) is 12.6. The summed E-state index contributed by atoms with van der Waals surface area (Å²) in [7, 11) is 0. The van der Waals surface area contributed by atoms with Gasteiger partial charge in [0.1, 0.15) is 5.82 Å². The van der Waals surface area contributed by atoms with Gasteiger partial charge in [0.15, 0.2) is 0 Å². The van der Waals surface area contributed by atoms with E-state index in [1.54, 1.807) is 12.1 Å². The van der Waals surface area contributed by atoms with Gasteiger partial charge < -0.3 is 20.6 Å². The van der Waals surface area contributed by atoms with Crippen LogP contribution in [0.1, 0.15) is 29.4 Å². The number of hydrogen-bond donors (Lipinski definition) is 3. The molecule has 0 aromatic carbocycles. The summed E-state index contributed by atoms with van der Waals surface area (Å²) in [6.07, 6.45) is 1.76. The van der Waals surface area contributed by atoms with E-state index in [1.165, 1.54) is 0 Å². The SMILES string of the molecule is CCc1cc(C(=O)O)cc(NCCCN2CCNCC2)n1. The number of nitrogens with one attached hydrogen (secondary N) is 2. The molecule has 1 fully saturated rings. The number of rotatable bonds is 7. The molecule has 3 N–H and O–H groups in total. The standard InChI is InChI=1S/C15H24N4O2/c1-2-13-10-12(15(20)21)11-14(18-13)17-4-3-7-19-8-5-16-6-9-19/h10-11,16H,2-9H2,1H3,(H,17,18)(H,20,21). The lowest BCUT2D eigenvalue weighted by Gasteiger charge is -2.27. The van der Waals surface area contributed by atoms with Crippen LogP contribution in [-0.4, -0.2) is 60.2 Å². The predicted octanol–water partition coefficient (Wildman–Crippen LogP) is 1.05. The van der Waals surface area contributed by atoms with E-state index in [0.29, 0.717) is 11.4 Å². The van der Waals surface area contributed by atoms with Crippen molar-refractivity contribution >= 4 is 11.8 Å². The largest absolute Gasteiger partial charge is 0.478 e. The van der Waals surface area contributed by atoms with Crippen molar-refractivity contribution in [2.45, 2.75) is 19.8 Å². The van der Waals surface area contributed by atoms with Gasteiger partial charge in [0, 0.05) is 38.4 Å². The van der Waals surface area contributed by atoms with Gasteiger partial charge in [-0.2, -0.15) is 0 Å². The normalized spacial score (nSPS) is 15.9. The van der Waals surface area contributed by atoms with Crippen molar-refractivity contribution in [1.29, 1.82) is 0 Å². The third-order valence-corrected chi connectivity index (χ3v) is 3.65. The third-order valence-electron chi connectivity index (χ3n) is 3.65. The first kappa shape index (κ1) is 15.7. The fourth-order valence-corrected chi connectivity index (χ4v) is 2.44. The van der Waals surface area contributed by atoms with Gasteiger partial charge in [-0.15, -0.1) is 0 Å². The summed E-state index contributed by atoms with van der Waals surface area (Å²) >= 11 is 0. The Bertz CT molecular complexity index is 473. The number of carboxylic acid groups (broad SMARTS) is 1. The van der Waals surface area contributed by atoms with Gasteiger partial charge in [-0.1, -0.05) is 6.92 Å². The van der Waals surface area contributed by atoms with Gasteiger partial charge in [0.05, 0.1) is 5.56 Å². The minimum absolute atomic E-state index is 0.298. The summed E-state index contributed by atoms with van der Waals surface area (Å²) in [5.74, 6) is -0.247. The zero-order valence-electron chi connectivity index (χ0n) is 12.6. The molecule has 0 saturated carbocycles. The van der Waals surface area contributed by atoms with E-state index in [9.17, 15) is 4.79 Å². The highest BCUT2D eigenvalue weighted by Crippen LogP contribution is 2.11. The first-order chi connectivity index (χ1) is 10.2. The van der Waals surface area contributed by atoms with Crippen LogP contribution in [0.25, 0.3) is 0 Å². The third kappa shape index (κ3) is 4.99. The van der Waals surface area contributed by atoms with Crippen molar-refractivity contribution in [3.63, 3.8) is 0 Å². The second-order valence-corrected chi connectivity index (χ2v) is 5.26. The molecule has 0 radical (unpaired) electrons. The Labute approximate surface area is 125 Å². The van der Waals surface area contributed by atoms with Gasteiger partial charge in [-0.05, 0) is 31.5 Å². The van der Waals surface area contributed by atoms with Crippen LogP contribution in [0.4, 0.5) is 5.82 Å². The Hall–Kier alpha value is -1.66. The van der Waals surface area contributed by atoms with Gasteiger partial charge in [0.2, 0.25) is 0 Å². The van der Waals surface area contributed by atoms with E-state index in [2.05, 4.69) is 20.5 Å². The average molecular weight is 292 g/mol. The van der Waals surface area contributed by atoms with Gasteiger partial charge in [-0.3, -0.25) is 0 Å². The molecule has 21 heavy (non-hydrogen) atoms. The number of pyridine rings is 1. The smallest absolute Gasteiger partial charge is 0.335 e. The predicted molar refractivity (Wildman–Crippen MR) is 83.0 cm³/mol. The van der Waals surface area contributed by atoms with Crippen molar-refractivity contribution in [3.05, 3.63) is 23.4 Å². The number of nitrogens with zero attached hydrogens (tertiary/aromatic N) is 2. The molecule has 116 valence electrons. The first-order valence-electron chi connectivity index (χ1n) is 7.60. The Morgan fingerprint density at radius 1 is 1.43 bits per heavy atom. The van der Waals surface area contributed by atoms with E-state index in [-0.39, 0.29) is 0 Å². The fraction of sp³-hybridized carbons (Fsp3) is 0.600. The number of aromatic carboxylic acids is 1. The molecule has 2 heterocycles. The van der Waals surface area contributed by atoms with Crippen molar-refractivity contribution in [2.75, 3.05) is 44.6 Å². The summed E-state index contributed by atoms with van der Waals surface area (Å²) in [5, 5.41) is 15.7. The highest BCUT2D eigenvalue weighted by molar-refractivity contribution is 5.88. The Balaban J connectivity index is 1.81. The molecule has 0 spiro atoms. The van der Waals surface area contributed by atoms with Crippen LogP contribution in [0.2, 0.25) is 0 Å². The van der Waals surface area contributed by atoms with Crippen LogP contribution >= 0.6 is 0 Å². The number of anilines is 1. The number of carbonyl (C=O) groups is 1. The molecule has 2 rings (SSSR count). The van der Waals surface area contributed by atoms with Gasteiger partial charge in [0.25, 0.3) is 0 Å². The number of aryl methyl sites for hydroxylation is 1. The van der Waals surface area contributed by atoms with Crippen LogP contribution in [0.5, 0.6) is 0 Å². The van der Waals surface area contributed by atoms with Crippen molar-refractivity contribution in [3.8, 4) is 0 Å². The average Bonchev–Trinajstić information content (AvgIpc) is 2.52. The fourth-order valence-electron chi connectivity index (χ4n) is 2.44. The maximum Gasteiger partial charge on any atom is 0.335 e. The summed E-state index contributed by atoms with van der Waals surface area (Å²) in [6, 6.07) is 3.24. The summed E-state index contributed by atoms with van der Waals surface area (Å²) in [4.78, 5) is 18.0. The molecule has 1 aliphatic rings. The lowest BCUT2D eigenvalue weighted by atomic mass is 10.2. The van der Waals surface area contributed by atoms with E-state index >= 15 is 0 Å². The molecule has 0 atom stereocenters. The van der Waals surface area contributed by atoms with Crippen LogP contribution in [0, 0.1) is 0 Å². The maximum atomic E-state index is 11.1. The monoisotopic (exact) mass is 292 g/mol.